The van der Waals surface area contributed by atoms with Gasteiger partial charge in [0.15, 0.2) is 0 Å². The fraction of sp³-hybridized carbons (Fsp3) is 0.786. The summed E-state index contributed by atoms with van der Waals surface area (Å²) in [6.07, 6.45) is 5.75. The molecule has 0 radical (unpaired) electrons. The second-order valence-electron chi connectivity index (χ2n) is 4.77. The zero-order chi connectivity index (χ0) is 13.5. The van der Waals surface area contributed by atoms with Crippen molar-refractivity contribution >= 4 is 15.9 Å². The lowest BCUT2D eigenvalue weighted by atomic mass is 10.0. The zero-order valence-corrected chi connectivity index (χ0v) is 13.7. The van der Waals surface area contributed by atoms with E-state index < -0.39 is 0 Å². The first kappa shape index (κ1) is 15.7. The highest BCUT2D eigenvalue weighted by Crippen LogP contribution is 2.23. The van der Waals surface area contributed by atoms with Crippen LogP contribution in [0.5, 0.6) is 0 Å². The molecule has 1 atom stereocenters. The van der Waals surface area contributed by atoms with E-state index >= 15 is 0 Å². The van der Waals surface area contributed by atoms with Crippen molar-refractivity contribution in [2.24, 2.45) is 7.05 Å². The summed E-state index contributed by atoms with van der Waals surface area (Å²) < 4.78 is 3.23. The number of halogens is 1. The highest BCUT2D eigenvalue weighted by molar-refractivity contribution is 9.10. The van der Waals surface area contributed by atoms with E-state index in [0.717, 1.165) is 19.4 Å². The minimum atomic E-state index is 0.631. The van der Waals surface area contributed by atoms with E-state index in [1.165, 1.54) is 35.1 Å². The minimum absolute atomic E-state index is 0.631. The Kier molecular flexibility index (Phi) is 6.94. The van der Waals surface area contributed by atoms with Crippen LogP contribution in [-0.4, -0.2) is 22.4 Å². The number of hydrogen-bond acceptors (Lipinski definition) is 2. The molecule has 0 saturated carbocycles. The molecule has 1 aromatic rings. The van der Waals surface area contributed by atoms with Gasteiger partial charge in [-0.2, -0.15) is 5.10 Å². The van der Waals surface area contributed by atoms with Gasteiger partial charge in [0.05, 0.1) is 15.9 Å². The second kappa shape index (κ2) is 7.95. The molecule has 3 nitrogen and oxygen atoms in total. The van der Waals surface area contributed by atoms with Crippen LogP contribution in [0.25, 0.3) is 0 Å². The highest BCUT2D eigenvalue weighted by Gasteiger charge is 2.14. The maximum Gasteiger partial charge on any atom is 0.0766 e. The molecule has 1 N–H and O–H groups in total. The fourth-order valence-electron chi connectivity index (χ4n) is 2.39. The Hall–Kier alpha value is -0.350. The Morgan fingerprint density at radius 1 is 1.28 bits per heavy atom. The third-order valence-electron chi connectivity index (χ3n) is 3.36. The Balaban J connectivity index is 2.63. The summed E-state index contributed by atoms with van der Waals surface area (Å²) in [5.41, 5.74) is 2.49. The maximum absolute atomic E-state index is 4.55. The van der Waals surface area contributed by atoms with Crippen LogP contribution in [0, 0.1) is 0 Å². The molecule has 0 amide bonds. The van der Waals surface area contributed by atoms with Gasteiger partial charge >= 0.3 is 0 Å². The van der Waals surface area contributed by atoms with Gasteiger partial charge in [0.2, 0.25) is 0 Å². The Morgan fingerprint density at radius 2 is 2.00 bits per heavy atom. The van der Waals surface area contributed by atoms with Crippen LogP contribution in [0.2, 0.25) is 0 Å². The lowest BCUT2D eigenvalue weighted by molar-refractivity contribution is 0.454. The number of nitrogens with one attached hydrogen (secondary N) is 1. The van der Waals surface area contributed by atoms with Crippen LogP contribution in [-0.2, 0) is 19.9 Å². The van der Waals surface area contributed by atoms with Crippen LogP contribution < -0.4 is 5.32 Å². The lowest BCUT2D eigenvalue weighted by Crippen LogP contribution is -2.29. The molecular weight excluding hydrogens is 290 g/mol. The van der Waals surface area contributed by atoms with Crippen LogP contribution in [0.15, 0.2) is 4.47 Å². The molecule has 1 unspecified atom stereocenters. The first-order chi connectivity index (χ1) is 8.63. The standard InChI is InChI=1S/C14H26BrN3/c1-5-8-11(16-7-3)9-10-13-14(15)12(6-2)17-18(13)4/h11,16H,5-10H2,1-4H3. The van der Waals surface area contributed by atoms with Gasteiger partial charge in [-0.25, -0.2) is 0 Å². The monoisotopic (exact) mass is 315 g/mol. The summed E-state index contributed by atoms with van der Waals surface area (Å²) in [5, 5.41) is 8.12. The summed E-state index contributed by atoms with van der Waals surface area (Å²) in [4.78, 5) is 0. The molecule has 104 valence electrons. The second-order valence-corrected chi connectivity index (χ2v) is 5.56. The van der Waals surface area contributed by atoms with Crippen molar-refractivity contribution in [3.63, 3.8) is 0 Å². The van der Waals surface area contributed by atoms with Crippen LogP contribution in [0.1, 0.15) is 51.4 Å². The molecule has 0 aliphatic rings. The number of hydrogen-bond donors (Lipinski definition) is 1. The molecule has 0 spiro atoms. The quantitative estimate of drug-likeness (QED) is 0.796. The molecule has 1 rings (SSSR count). The number of aryl methyl sites for hydroxylation is 2. The first-order valence-corrected chi connectivity index (χ1v) is 7.86. The fourth-order valence-corrected chi connectivity index (χ4v) is 3.20. The third kappa shape index (κ3) is 4.09. The molecule has 0 aromatic carbocycles. The van der Waals surface area contributed by atoms with Crippen molar-refractivity contribution in [2.75, 3.05) is 6.54 Å². The summed E-state index contributed by atoms with van der Waals surface area (Å²) in [6, 6.07) is 0.631. The predicted molar refractivity (Wildman–Crippen MR) is 81.0 cm³/mol. The largest absolute Gasteiger partial charge is 0.314 e. The van der Waals surface area contributed by atoms with Crippen molar-refractivity contribution < 1.29 is 0 Å². The summed E-state index contributed by atoms with van der Waals surface area (Å²) in [6.45, 7) is 7.63. The van der Waals surface area contributed by atoms with E-state index in [1.807, 2.05) is 11.7 Å². The molecule has 1 aromatic heterocycles. The van der Waals surface area contributed by atoms with Crippen LogP contribution >= 0.6 is 15.9 Å². The highest BCUT2D eigenvalue weighted by atomic mass is 79.9. The van der Waals surface area contributed by atoms with Crippen molar-refractivity contribution in [3.8, 4) is 0 Å². The molecule has 1 heterocycles. The van der Waals surface area contributed by atoms with Crippen LogP contribution in [0.3, 0.4) is 0 Å². The number of nitrogens with zero attached hydrogens (tertiary/aromatic N) is 2. The Bertz CT molecular complexity index is 354. The van der Waals surface area contributed by atoms with E-state index in [0.29, 0.717) is 6.04 Å². The predicted octanol–water partition coefficient (Wildman–Crippen LogP) is 3.46. The average Bonchev–Trinajstić information content (AvgIpc) is 2.62. The van der Waals surface area contributed by atoms with Gasteiger partial charge in [0.25, 0.3) is 0 Å². The molecule has 0 aliphatic carbocycles. The van der Waals surface area contributed by atoms with E-state index in [1.54, 1.807) is 0 Å². The third-order valence-corrected chi connectivity index (χ3v) is 4.28. The van der Waals surface area contributed by atoms with Gasteiger partial charge in [-0.3, -0.25) is 4.68 Å². The molecule has 0 aliphatic heterocycles. The van der Waals surface area contributed by atoms with Crippen LogP contribution in [0.4, 0.5) is 0 Å². The minimum Gasteiger partial charge on any atom is -0.314 e. The van der Waals surface area contributed by atoms with E-state index in [2.05, 4.69) is 47.1 Å². The van der Waals surface area contributed by atoms with Gasteiger partial charge in [-0.05, 0) is 48.2 Å². The molecule has 4 heteroatoms. The Morgan fingerprint density at radius 3 is 2.50 bits per heavy atom. The van der Waals surface area contributed by atoms with Gasteiger partial charge in [-0.1, -0.05) is 27.2 Å². The SMILES string of the molecule is CCCC(CCc1c(Br)c(CC)nn1C)NCC. The smallest absolute Gasteiger partial charge is 0.0766 e. The summed E-state index contributed by atoms with van der Waals surface area (Å²) >= 11 is 3.69. The zero-order valence-electron chi connectivity index (χ0n) is 12.1. The van der Waals surface area contributed by atoms with Gasteiger partial charge in [0, 0.05) is 13.1 Å². The topological polar surface area (TPSA) is 29.9 Å². The van der Waals surface area contributed by atoms with Gasteiger partial charge < -0.3 is 5.32 Å². The molecule has 0 bridgehead atoms. The Labute approximate surface area is 119 Å². The maximum atomic E-state index is 4.55. The lowest BCUT2D eigenvalue weighted by Gasteiger charge is -2.17. The summed E-state index contributed by atoms with van der Waals surface area (Å²) in [5.74, 6) is 0. The van der Waals surface area contributed by atoms with E-state index in [9.17, 15) is 0 Å². The van der Waals surface area contributed by atoms with Crippen molar-refractivity contribution in [1.29, 1.82) is 0 Å². The molecule has 0 fully saturated rings. The summed E-state index contributed by atoms with van der Waals surface area (Å²) in [7, 11) is 2.04. The van der Waals surface area contributed by atoms with Gasteiger partial charge in [-0.15, -0.1) is 0 Å². The van der Waals surface area contributed by atoms with Crippen molar-refractivity contribution in [3.05, 3.63) is 15.9 Å². The normalized spacial score (nSPS) is 12.9. The van der Waals surface area contributed by atoms with Crippen molar-refractivity contribution in [1.82, 2.24) is 15.1 Å². The van der Waals surface area contributed by atoms with E-state index in [-0.39, 0.29) is 0 Å². The van der Waals surface area contributed by atoms with Crippen molar-refractivity contribution in [2.45, 2.75) is 58.9 Å². The van der Waals surface area contributed by atoms with E-state index in [4.69, 9.17) is 0 Å². The van der Waals surface area contributed by atoms with Gasteiger partial charge in [0.1, 0.15) is 0 Å². The number of aromatic nitrogens is 2. The molecular formula is C14H26BrN3. The number of rotatable bonds is 8. The molecule has 0 saturated heterocycles. The first-order valence-electron chi connectivity index (χ1n) is 7.07. The average molecular weight is 316 g/mol. The molecule has 18 heavy (non-hydrogen) atoms.